The van der Waals surface area contributed by atoms with E-state index in [1.54, 1.807) is 31.2 Å². The molecule has 0 saturated heterocycles. The van der Waals surface area contributed by atoms with Crippen molar-refractivity contribution in [3.63, 3.8) is 0 Å². The van der Waals surface area contributed by atoms with Crippen molar-refractivity contribution in [3.05, 3.63) is 101 Å². The molecular formula is C26H28ClF2N3O3. The number of nitrogens with one attached hydrogen (secondary N) is 2. The highest BCUT2D eigenvalue weighted by Crippen LogP contribution is 2.28. The second-order valence-corrected chi connectivity index (χ2v) is 7.55. The zero-order valence-electron chi connectivity index (χ0n) is 19.2. The van der Waals surface area contributed by atoms with Crippen LogP contribution in [0.1, 0.15) is 35.3 Å². The number of benzene rings is 3. The van der Waals surface area contributed by atoms with Gasteiger partial charge in [-0.2, -0.15) is 0 Å². The van der Waals surface area contributed by atoms with Crippen LogP contribution in [-0.2, 0) is 22.5 Å². The number of carbonyl (C=O) groups excluding carboxylic acids is 1. The number of rotatable bonds is 11. The summed E-state index contributed by atoms with van der Waals surface area (Å²) in [6.45, 7) is 2.09. The summed E-state index contributed by atoms with van der Waals surface area (Å²) in [7, 11) is 0. The van der Waals surface area contributed by atoms with Gasteiger partial charge in [0.25, 0.3) is 5.91 Å². The molecule has 0 aliphatic rings. The van der Waals surface area contributed by atoms with Crippen molar-refractivity contribution in [1.82, 2.24) is 5.32 Å². The van der Waals surface area contributed by atoms with Crippen LogP contribution in [0, 0.1) is 17.0 Å². The minimum absolute atomic E-state index is 0. The molecule has 0 fully saturated rings. The van der Waals surface area contributed by atoms with E-state index in [9.17, 15) is 13.6 Å². The summed E-state index contributed by atoms with van der Waals surface area (Å²) in [6.07, 6.45) is -0.872. The van der Waals surface area contributed by atoms with E-state index in [1.165, 1.54) is 0 Å². The zero-order chi connectivity index (χ0) is 24.5. The van der Waals surface area contributed by atoms with Gasteiger partial charge in [-0.15, -0.1) is 12.4 Å². The van der Waals surface area contributed by atoms with Crippen molar-refractivity contribution >= 4 is 24.1 Å². The Morgan fingerprint density at radius 2 is 1.66 bits per heavy atom. The molecule has 3 aromatic rings. The third-order valence-electron chi connectivity index (χ3n) is 5.12. The lowest BCUT2D eigenvalue weighted by atomic mass is 10.1. The maximum atomic E-state index is 14.9. The second kappa shape index (κ2) is 13.4. The van der Waals surface area contributed by atoms with Crippen molar-refractivity contribution in [3.8, 4) is 5.75 Å². The monoisotopic (exact) mass is 503 g/mol. The summed E-state index contributed by atoms with van der Waals surface area (Å²) in [6, 6.07) is 18.4. The Bertz CT molecular complexity index is 1110. The quantitative estimate of drug-likeness (QED) is 0.261. The summed E-state index contributed by atoms with van der Waals surface area (Å²) in [5.41, 5.74) is 7.29. The molecule has 0 heterocycles. The molecule has 3 aromatic carbocycles. The van der Waals surface area contributed by atoms with Gasteiger partial charge in [0.1, 0.15) is 23.2 Å². The number of hydrogen-bond donors (Lipinski definition) is 3. The minimum Gasteiger partial charge on any atom is -0.493 e. The van der Waals surface area contributed by atoms with Crippen LogP contribution in [0.25, 0.3) is 0 Å². The highest BCUT2D eigenvalue weighted by atomic mass is 35.5. The maximum absolute atomic E-state index is 14.9. The van der Waals surface area contributed by atoms with Crippen molar-refractivity contribution in [1.29, 1.82) is 5.41 Å². The third kappa shape index (κ3) is 7.77. The molecule has 0 spiro atoms. The summed E-state index contributed by atoms with van der Waals surface area (Å²) in [5, 5.41) is 10.1. The average molecular weight is 504 g/mol. The molecule has 3 rings (SSSR count). The zero-order valence-corrected chi connectivity index (χ0v) is 20.0. The average Bonchev–Trinajstić information content (AvgIpc) is 2.82. The Labute approximate surface area is 209 Å². The Morgan fingerprint density at radius 3 is 2.23 bits per heavy atom. The van der Waals surface area contributed by atoms with Crippen molar-refractivity contribution in [2.45, 2.75) is 26.0 Å². The maximum Gasteiger partial charge on any atom is 0.254 e. The lowest BCUT2D eigenvalue weighted by Gasteiger charge is -2.19. The van der Waals surface area contributed by atoms with E-state index in [0.717, 1.165) is 23.3 Å². The first kappa shape index (κ1) is 27.8. The topological polar surface area (TPSA) is 97.4 Å². The summed E-state index contributed by atoms with van der Waals surface area (Å²) in [5.74, 6) is -2.54. The fourth-order valence-electron chi connectivity index (χ4n) is 3.37. The Balaban J connectivity index is 0.00000432. The standard InChI is InChI=1S/C26H27F2N3O3.ClH/c1-2-33-24(26(32)31-16-18-8-10-19(11-9-18)25(29)30)23-21(27)14-20(15-22(23)28)34-13-12-17-6-4-3-5-7-17;/h3-11,14-15,24H,2,12-13,16H2,1H3,(H3,29,30)(H,31,32);1H. The predicted molar refractivity (Wildman–Crippen MR) is 133 cm³/mol. The van der Waals surface area contributed by atoms with Crippen LogP contribution in [0.3, 0.4) is 0 Å². The molecule has 0 saturated carbocycles. The highest BCUT2D eigenvalue weighted by Gasteiger charge is 2.28. The number of nitrogens with two attached hydrogens (primary N) is 1. The van der Waals surface area contributed by atoms with E-state index in [2.05, 4.69) is 5.32 Å². The van der Waals surface area contributed by atoms with Crippen LogP contribution >= 0.6 is 12.4 Å². The molecule has 0 aliphatic heterocycles. The van der Waals surface area contributed by atoms with Gasteiger partial charge in [-0.05, 0) is 18.1 Å². The molecule has 6 nitrogen and oxygen atoms in total. The van der Waals surface area contributed by atoms with E-state index in [-0.39, 0.29) is 43.8 Å². The van der Waals surface area contributed by atoms with Crippen LogP contribution < -0.4 is 15.8 Å². The molecule has 1 amide bonds. The molecule has 0 bridgehead atoms. The molecule has 0 aliphatic carbocycles. The molecule has 4 N–H and O–H groups in total. The SMILES string of the molecule is CCOC(C(=O)NCc1ccc(C(=N)N)cc1)c1c(F)cc(OCCc2ccccc2)cc1F.Cl. The number of amides is 1. The lowest BCUT2D eigenvalue weighted by Crippen LogP contribution is -2.31. The molecular weight excluding hydrogens is 476 g/mol. The normalized spacial score (nSPS) is 11.3. The van der Waals surface area contributed by atoms with Gasteiger partial charge in [0.05, 0.1) is 12.2 Å². The highest BCUT2D eigenvalue weighted by molar-refractivity contribution is 5.94. The molecule has 9 heteroatoms. The first-order chi connectivity index (χ1) is 16.4. The van der Waals surface area contributed by atoms with Crippen LogP contribution in [0.4, 0.5) is 8.78 Å². The Hall–Kier alpha value is -3.49. The first-order valence-electron chi connectivity index (χ1n) is 10.9. The van der Waals surface area contributed by atoms with Gasteiger partial charge in [-0.25, -0.2) is 8.78 Å². The molecule has 1 unspecified atom stereocenters. The number of hydrogen-bond acceptors (Lipinski definition) is 4. The lowest BCUT2D eigenvalue weighted by molar-refractivity contribution is -0.133. The van der Waals surface area contributed by atoms with Crippen LogP contribution in [0.5, 0.6) is 5.75 Å². The summed E-state index contributed by atoms with van der Waals surface area (Å²) in [4.78, 5) is 12.7. The van der Waals surface area contributed by atoms with Gasteiger partial charge >= 0.3 is 0 Å². The largest absolute Gasteiger partial charge is 0.493 e. The van der Waals surface area contributed by atoms with Gasteiger partial charge in [-0.1, -0.05) is 54.6 Å². The first-order valence-corrected chi connectivity index (χ1v) is 10.9. The molecule has 1 atom stereocenters. The van der Waals surface area contributed by atoms with Crippen molar-refractivity contribution in [2.24, 2.45) is 5.73 Å². The predicted octanol–water partition coefficient (Wildman–Crippen LogP) is 4.69. The van der Waals surface area contributed by atoms with Crippen molar-refractivity contribution < 1.29 is 23.0 Å². The van der Waals surface area contributed by atoms with E-state index < -0.39 is 29.2 Å². The molecule has 35 heavy (non-hydrogen) atoms. The van der Waals surface area contributed by atoms with Crippen LogP contribution in [0.2, 0.25) is 0 Å². The number of halogens is 3. The van der Waals surface area contributed by atoms with Gasteiger partial charge in [0.2, 0.25) is 0 Å². The van der Waals surface area contributed by atoms with Gasteiger partial charge in [0, 0.05) is 37.3 Å². The van der Waals surface area contributed by atoms with Gasteiger partial charge in [-0.3, -0.25) is 10.2 Å². The Morgan fingerprint density at radius 1 is 1.03 bits per heavy atom. The minimum atomic E-state index is -1.46. The fourth-order valence-corrected chi connectivity index (χ4v) is 3.37. The third-order valence-corrected chi connectivity index (χ3v) is 5.12. The van der Waals surface area contributed by atoms with E-state index in [4.69, 9.17) is 20.6 Å². The number of ether oxygens (including phenoxy) is 2. The van der Waals surface area contributed by atoms with Crippen LogP contribution in [-0.4, -0.2) is 25.0 Å². The second-order valence-electron chi connectivity index (χ2n) is 7.55. The number of nitrogen functional groups attached to an aromatic ring is 1. The molecule has 0 radical (unpaired) electrons. The van der Waals surface area contributed by atoms with Gasteiger partial charge in [0.15, 0.2) is 6.10 Å². The summed E-state index contributed by atoms with van der Waals surface area (Å²) >= 11 is 0. The molecule has 0 aromatic heterocycles. The van der Waals surface area contributed by atoms with E-state index in [0.29, 0.717) is 12.0 Å². The summed E-state index contributed by atoms with van der Waals surface area (Å²) < 4.78 is 40.6. The number of amidine groups is 1. The van der Waals surface area contributed by atoms with Crippen LogP contribution in [0.15, 0.2) is 66.7 Å². The Kier molecular flexibility index (Phi) is 10.6. The molecule has 186 valence electrons. The smallest absolute Gasteiger partial charge is 0.254 e. The van der Waals surface area contributed by atoms with E-state index >= 15 is 0 Å². The van der Waals surface area contributed by atoms with E-state index in [1.807, 2.05) is 30.3 Å². The number of carbonyl (C=O) groups is 1. The fraction of sp³-hybridized carbons (Fsp3) is 0.231. The van der Waals surface area contributed by atoms with Crippen molar-refractivity contribution in [2.75, 3.05) is 13.2 Å². The van der Waals surface area contributed by atoms with Gasteiger partial charge < -0.3 is 20.5 Å².